The summed E-state index contributed by atoms with van der Waals surface area (Å²) < 4.78 is 49.8. The minimum Gasteiger partial charge on any atom is -0.496 e. The van der Waals surface area contributed by atoms with Crippen LogP contribution in [0.2, 0.25) is 0 Å². The molecule has 0 spiro atoms. The molecule has 3 heterocycles. The Morgan fingerprint density at radius 1 is 1.20 bits per heavy atom. The van der Waals surface area contributed by atoms with Crippen molar-refractivity contribution < 1.29 is 32.5 Å². The van der Waals surface area contributed by atoms with Crippen molar-refractivity contribution in [3.8, 4) is 28.5 Å². The molecular formula is C25H27F2N3O5. The van der Waals surface area contributed by atoms with Gasteiger partial charge in [-0.25, -0.2) is 4.98 Å². The van der Waals surface area contributed by atoms with Crippen LogP contribution in [0.3, 0.4) is 0 Å². The van der Waals surface area contributed by atoms with Crippen molar-refractivity contribution in [2.24, 2.45) is 5.92 Å². The molecule has 3 aromatic rings. The highest BCUT2D eigenvalue weighted by Gasteiger charge is 2.29. The van der Waals surface area contributed by atoms with E-state index in [1.165, 1.54) is 13.2 Å². The molecule has 1 saturated carbocycles. The Morgan fingerprint density at radius 2 is 1.97 bits per heavy atom. The van der Waals surface area contributed by atoms with Crippen LogP contribution < -0.4 is 19.5 Å². The number of carbonyl (C=O) groups excluding carboxylic acids is 1. The van der Waals surface area contributed by atoms with E-state index in [1.807, 2.05) is 22.7 Å². The molecule has 1 amide bonds. The van der Waals surface area contributed by atoms with Crippen molar-refractivity contribution in [3.63, 3.8) is 0 Å². The molecule has 0 radical (unpaired) electrons. The van der Waals surface area contributed by atoms with E-state index in [0.29, 0.717) is 35.2 Å². The van der Waals surface area contributed by atoms with E-state index in [9.17, 15) is 13.6 Å². The fourth-order valence-electron chi connectivity index (χ4n) is 4.19. The van der Waals surface area contributed by atoms with Gasteiger partial charge in [0.15, 0.2) is 0 Å². The van der Waals surface area contributed by atoms with Crippen molar-refractivity contribution in [2.75, 3.05) is 26.9 Å². The molecule has 1 aromatic carbocycles. The van der Waals surface area contributed by atoms with Crippen molar-refractivity contribution in [1.29, 1.82) is 0 Å². The number of amides is 1. The number of pyridine rings is 1. The number of nitrogens with one attached hydrogen (secondary N) is 1. The Labute approximate surface area is 201 Å². The zero-order valence-corrected chi connectivity index (χ0v) is 19.3. The highest BCUT2D eigenvalue weighted by molar-refractivity contribution is 6.01. The van der Waals surface area contributed by atoms with Crippen LogP contribution in [0.25, 0.3) is 16.9 Å². The van der Waals surface area contributed by atoms with Crippen LogP contribution in [-0.4, -0.2) is 54.9 Å². The van der Waals surface area contributed by atoms with Gasteiger partial charge >= 0.3 is 6.61 Å². The number of benzene rings is 1. The van der Waals surface area contributed by atoms with Crippen LogP contribution in [0.15, 0.2) is 36.7 Å². The van der Waals surface area contributed by atoms with Gasteiger partial charge in [-0.3, -0.25) is 9.20 Å². The fourth-order valence-corrected chi connectivity index (χ4v) is 4.19. The lowest BCUT2D eigenvalue weighted by Crippen LogP contribution is -2.26. The maximum atomic E-state index is 13.2. The van der Waals surface area contributed by atoms with Gasteiger partial charge in [-0.1, -0.05) is 0 Å². The molecular weight excluding hydrogens is 460 g/mol. The summed E-state index contributed by atoms with van der Waals surface area (Å²) in [6.45, 7) is -0.958. The Morgan fingerprint density at radius 3 is 2.69 bits per heavy atom. The van der Waals surface area contributed by atoms with Gasteiger partial charge in [0.1, 0.15) is 28.5 Å². The average molecular weight is 488 g/mol. The second-order valence-electron chi connectivity index (χ2n) is 8.78. The summed E-state index contributed by atoms with van der Waals surface area (Å²) in [7, 11) is 1.38. The molecule has 0 unspecified atom stereocenters. The highest BCUT2D eigenvalue weighted by Crippen LogP contribution is 2.37. The molecule has 2 fully saturated rings. The second-order valence-corrected chi connectivity index (χ2v) is 8.78. The van der Waals surface area contributed by atoms with E-state index in [2.05, 4.69) is 10.3 Å². The number of fused-ring (bicyclic) bond motifs is 1. The maximum absolute atomic E-state index is 13.2. The Bertz CT molecular complexity index is 1210. The zero-order chi connectivity index (χ0) is 24.4. The smallest absolute Gasteiger partial charge is 0.387 e. The lowest BCUT2D eigenvalue weighted by molar-refractivity contribution is -0.0502. The number of hydrogen-bond acceptors (Lipinski definition) is 6. The van der Waals surface area contributed by atoms with E-state index < -0.39 is 12.5 Å². The number of imidazole rings is 1. The van der Waals surface area contributed by atoms with Crippen molar-refractivity contribution in [1.82, 2.24) is 14.7 Å². The number of hydrogen-bond donors (Lipinski definition) is 1. The summed E-state index contributed by atoms with van der Waals surface area (Å²) in [6.07, 6.45) is 7.12. The zero-order valence-electron chi connectivity index (χ0n) is 19.3. The third kappa shape index (κ3) is 5.32. The predicted octanol–water partition coefficient (Wildman–Crippen LogP) is 4.31. The third-order valence-electron chi connectivity index (χ3n) is 6.25. The summed E-state index contributed by atoms with van der Waals surface area (Å²) in [5.74, 6) is 0.553. The first kappa shape index (κ1) is 23.3. The van der Waals surface area contributed by atoms with Gasteiger partial charge in [0.2, 0.25) is 0 Å². The number of methoxy groups -OCH3 is 1. The first-order valence-corrected chi connectivity index (χ1v) is 11.7. The first-order valence-electron chi connectivity index (χ1n) is 11.7. The molecule has 1 N–H and O–H groups in total. The Kier molecular flexibility index (Phi) is 6.72. The minimum absolute atomic E-state index is 0.0490. The van der Waals surface area contributed by atoms with E-state index in [0.717, 1.165) is 38.9 Å². The second kappa shape index (κ2) is 10.1. The van der Waals surface area contributed by atoms with Gasteiger partial charge < -0.3 is 24.3 Å². The fraction of sp³-hybridized carbons (Fsp3) is 0.440. The van der Waals surface area contributed by atoms with Gasteiger partial charge in [-0.15, -0.1) is 0 Å². The quantitative estimate of drug-likeness (QED) is 0.484. The summed E-state index contributed by atoms with van der Waals surface area (Å²) in [6, 6.07) is 6.75. The summed E-state index contributed by atoms with van der Waals surface area (Å²) in [4.78, 5) is 17.2. The number of halogens is 2. The average Bonchev–Trinajstić information content (AvgIpc) is 3.57. The van der Waals surface area contributed by atoms with E-state index in [4.69, 9.17) is 18.9 Å². The third-order valence-corrected chi connectivity index (χ3v) is 6.25. The normalized spacial score (nSPS) is 16.5. The van der Waals surface area contributed by atoms with Crippen LogP contribution >= 0.6 is 0 Å². The highest BCUT2D eigenvalue weighted by atomic mass is 19.3. The first-order chi connectivity index (χ1) is 17.0. The molecule has 1 saturated heterocycles. The number of ether oxygens (including phenoxy) is 4. The van der Waals surface area contributed by atoms with Crippen molar-refractivity contribution in [3.05, 3.63) is 42.2 Å². The van der Waals surface area contributed by atoms with Crippen LogP contribution in [0.4, 0.5) is 8.78 Å². The van der Waals surface area contributed by atoms with Crippen LogP contribution in [0, 0.1) is 5.92 Å². The molecule has 1 aliphatic heterocycles. The molecule has 186 valence electrons. The number of rotatable bonds is 9. The summed E-state index contributed by atoms with van der Waals surface area (Å²) >= 11 is 0. The van der Waals surface area contributed by atoms with Gasteiger partial charge in [0, 0.05) is 37.1 Å². The Balaban J connectivity index is 1.44. The summed E-state index contributed by atoms with van der Waals surface area (Å²) in [5.41, 5.74) is 1.72. The van der Waals surface area contributed by atoms with E-state index >= 15 is 0 Å². The molecule has 0 bridgehead atoms. The largest absolute Gasteiger partial charge is 0.496 e. The SMILES string of the molecule is COc1cc(-c2cnc3cc(OCC4CCOCC4)ccn23)cc(OC(F)F)c1C(=O)NC1CC1. The van der Waals surface area contributed by atoms with Crippen LogP contribution in [0.1, 0.15) is 36.0 Å². The molecule has 2 aliphatic rings. The lowest BCUT2D eigenvalue weighted by atomic mass is 10.0. The van der Waals surface area contributed by atoms with E-state index in [-0.39, 0.29) is 23.1 Å². The monoisotopic (exact) mass is 487 g/mol. The molecule has 35 heavy (non-hydrogen) atoms. The molecule has 10 heteroatoms. The van der Waals surface area contributed by atoms with Crippen molar-refractivity contribution in [2.45, 2.75) is 38.3 Å². The number of aromatic nitrogens is 2. The standard InChI is InChI=1S/C25H27F2N3O5/c1-32-20-10-16(11-21(35-25(26)27)23(20)24(31)29-17-2-3-17)19-13-28-22-12-18(4-7-30(19)22)34-14-15-5-8-33-9-6-15/h4,7,10-13,15,17,25H,2-3,5-6,8-9,14H2,1H3,(H,29,31). The van der Waals surface area contributed by atoms with Gasteiger partial charge in [0.25, 0.3) is 5.91 Å². The molecule has 8 nitrogen and oxygen atoms in total. The number of nitrogens with zero attached hydrogens (tertiary/aromatic N) is 2. The topological polar surface area (TPSA) is 83.3 Å². The van der Waals surface area contributed by atoms with Gasteiger partial charge in [0.05, 0.1) is 25.6 Å². The Hall–Kier alpha value is -3.40. The lowest BCUT2D eigenvalue weighted by Gasteiger charge is -2.22. The molecule has 5 rings (SSSR count). The maximum Gasteiger partial charge on any atom is 0.387 e. The van der Waals surface area contributed by atoms with Gasteiger partial charge in [-0.05, 0) is 49.8 Å². The number of carbonyl (C=O) groups is 1. The van der Waals surface area contributed by atoms with Crippen molar-refractivity contribution >= 4 is 11.6 Å². The van der Waals surface area contributed by atoms with E-state index in [1.54, 1.807) is 12.3 Å². The molecule has 1 aliphatic carbocycles. The summed E-state index contributed by atoms with van der Waals surface area (Å²) in [5, 5.41) is 2.80. The van der Waals surface area contributed by atoms with Crippen LogP contribution in [0.5, 0.6) is 17.2 Å². The molecule has 0 atom stereocenters. The van der Waals surface area contributed by atoms with Crippen LogP contribution in [-0.2, 0) is 4.74 Å². The minimum atomic E-state index is -3.10. The number of alkyl halides is 2. The van der Waals surface area contributed by atoms with Gasteiger partial charge in [-0.2, -0.15) is 8.78 Å². The predicted molar refractivity (Wildman–Crippen MR) is 123 cm³/mol. The molecule has 2 aromatic heterocycles.